The first kappa shape index (κ1) is 14.2. The van der Waals surface area contributed by atoms with E-state index in [0.29, 0.717) is 5.56 Å². The standard InChI is InChI=1S/C14H20ClNO/c1-10(15)12(16-14(2,3)4)13(17)11-8-6-5-7-9-11/h5-10,12,16H,1-4H3. The molecule has 0 amide bonds. The highest BCUT2D eigenvalue weighted by Gasteiger charge is 2.28. The third-order valence-corrected chi connectivity index (χ3v) is 2.64. The first-order chi connectivity index (χ1) is 7.81. The van der Waals surface area contributed by atoms with Crippen molar-refractivity contribution in [2.75, 3.05) is 0 Å². The minimum absolute atomic E-state index is 0.0445. The van der Waals surface area contributed by atoms with Crippen molar-refractivity contribution >= 4 is 17.4 Å². The summed E-state index contributed by atoms with van der Waals surface area (Å²) in [7, 11) is 0. The van der Waals surface area contributed by atoms with Crippen LogP contribution < -0.4 is 5.32 Å². The molecule has 1 aromatic rings. The average Bonchev–Trinajstić information content (AvgIpc) is 2.25. The number of carbonyl (C=O) groups is 1. The lowest BCUT2D eigenvalue weighted by Gasteiger charge is -2.29. The van der Waals surface area contributed by atoms with Crippen LogP contribution in [0.1, 0.15) is 38.1 Å². The van der Waals surface area contributed by atoms with Gasteiger partial charge in [-0.1, -0.05) is 30.3 Å². The summed E-state index contributed by atoms with van der Waals surface area (Å²) in [5, 5.41) is 3.02. The molecule has 2 nitrogen and oxygen atoms in total. The molecule has 3 heteroatoms. The second-order valence-electron chi connectivity index (χ2n) is 5.28. The summed E-state index contributed by atoms with van der Waals surface area (Å²) in [6.07, 6.45) is 0. The molecule has 2 unspecified atom stereocenters. The fourth-order valence-electron chi connectivity index (χ4n) is 1.64. The number of ketones is 1. The zero-order valence-electron chi connectivity index (χ0n) is 10.8. The summed E-state index contributed by atoms with van der Waals surface area (Å²) < 4.78 is 0. The molecule has 17 heavy (non-hydrogen) atoms. The predicted molar refractivity (Wildman–Crippen MR) is 72.8 cm³/mol. The van der Waals surface area contributed by atoms with E-state index in [-0.39, 0.29) is 22.7 Å². The third-order valence-electron chi connectivity index (χ3n) is 2.39. The molecule has 94 valence electrons. The minimum atomic E-state index is -0.362. The molecule has 0 spiro atoms. The summed E-state index contributed by atoms with van der Waals surface area (Å²) in [5.41, 5.74) is 0.555. The van der Waals surface area contributed by atoms with Crippen LogP contribution in [0.3, 0.4) is 0 Å². The second kappa shape index (κ2) is 5.65. The van der Waals surface area contributed by atoms with E-state index in [9.17, 15) is 4.79 Å². The lowest BCUT2D eigenvalue weighted by atomic mass is 9.98. The highest BCUT2D eigenvalue weighted by atomic mass is 35.5. The fourth-order valence-corrected chi connectivity index (χ4v) is 1.81. The number of nitrogens with one attached hydrogen (secondary N) is 1. The van der Waals surface area contributed by atoms with Gasteiger partial charge in [-0.2, -0.15) is 0 Å². The Bertz CT molecular complexity index is 368. The van der Waals surface area contributed by atoms with E-state index in [0.717, 1.165) is 0 Å². The van der Waals surface area contributed by atoms with Gasteiger partial charge in [0.15, 0.2) is 5.78 Å². The first-order valence-electron chi connectivity index (χ1n) is 5.82. The number of hydrogen-bond acceptors (Lipinski definition) is 2. The number of rotatable bonds is 4. The van der Waals surface area contributed by atoms with Gasteiger partial charge >= 0.3 is 0 Å². The van der Waals surface area contributed by atoms with E-state index in [4.69, 9.17) is 11.6 Å². The highest BCUT2D eigenvalue weighted by molar-refractivity contribution is 6.23. The molecule has 0 aromatic heterocycles. The zero-order chi connectivity index (χ0) is 13.1. The van der Waals surface area contributed by atoms with Gasteiger partial charge in [-0.25, -0.2) is 0 Å². The molecule has 0 aliphatic carbocycles. The number of hydrogen-bond donors (Lipinski definition) is 1. The van der Waals surface area contributed by atoms with Crippen LogP contribution >= 0.6 is 11.6 Å². The van der Waals surface area contributed by atoms with Crippen molar-refractivity contribution in [1.29, 1.82) is 0 Å². The SMILES string of the molecule is CC(Cl)C(NC(C)(C)C)C(=O)c1ccccc1. The van der Waals surface area contributed by atoms with Crippen molar-refractivity contribution in [1.82, 2.24) is 5.32 Å². The predicted octanol–water partition coefficient (Wildman–Crippen LogP) is 3.25. The summed E-state index contributed by atoms with van der Waals surface area (Å²) in [6, 6.07) is 8.89. The molecular weight excluding hydrogens is 234 g/mol. The van der Waals surface area contributed by atoms with Crippen LogP contribution in [-0.4, -0.2) is 22.7 Å². The molecule has 0 radical (unpaired) electrons. The quantitative estimate of drug-likeness (QED) is 0.659. The Balaban J connectivity index is 2.89. The lowest BCUT2D eigenvalue weighted by Crippen LogP contribution is -2.51. The molecule has 2 atom stereocenters. The average molecular weight is 254 g/mol. The van der Waals surface area contributed by atoms with Crippen molar-refractivity contribution in [3.05, 3.63) is 35.9 Å². The third kappa shape index (κ3) is 4.49. The van der Waals surface area contributed by atoms with Crippen molar-refractivity contribution in [2.24, 2.45) is 0 Å². The maximum absolute atomic E-state index is 12.3. The summed E-state index contributed by atoms with van der Waals surface area (Å²) in [6.45, 7) is 7.92. The summed E-state index contributed by atoms with van der Waals surface area (Å²) in [4.78, 5) is 12.3. The first-order valence-corrected chi connectivity index (χ1v) is 6.26. The summed E-state index contributed by atoms with van der Waals surface area (Å²) >= 11 is 6.11. The van der Waals surface area contributed by atoms with Crippen LogP contribution in [0, 0.1) is 0 Å². The van der Waals surface area contributed by atoms with Gasteiger partial charge in [0.05, 0.1) is 11.4 Å². The van der Waals surface area contributed by atoms with Gasteiger partial charge in [-0.3, -0.25) is 4.79 Å². The number of halogens is 1. The molecule has 0 heterocycles. The van der Waals surface area contributed by atoms with E-state index in [1.807, 2.05) is 58.0 Å². The zero-order valence-corrected chi connectivity index (χ0v) is 11.6. The molecule has 0 fully saturated rings. The lowest BCUT2D eigenvalue weighted by molar-refractivity contribution is 0.0925. The van der Waals surface area contributed by atoms with E-state index in [2.05, 4.69) is 5.32 Å². The smallest absolute Gasteiger partial charge is 0.181 e. The maximum atomic E-state index is 12.3. The Morgan fingerprint density at radius 3 is 2.18 bits per heavy atom. The summed E-state index contributed by atoms with van der Waals surface area (Å²) in [5.74, 6) is 0.0445. The molecule has 0 bridgehead atoms. The number of benzene rings is 1. The second-order valence-corrected chi connectivity index (χ2v) is 5.97. The monoisotopic (exact) mass is 253 g/mol. The van der Waals surface area contributed by atoms with E-state index >= 15 is 0 Å². The van der Waals surface area contributed by atoms with Crippen LogP contribution in [0.2, 0.25) is 0 Å². The van der Waals surface area contributed by atoms with Gasteiger partial charge in [-0.15, -0.1) is 11.6 Å². The van der Waals surface area contributed by atoms with Crippen LogP contribution in [-0.2, 0) is 0 Å². The van der Waals surface area contributed by atoms with Gasteiger partial charge in [0.1, 0.15) is 0 Å². The van der Waals surface area contributed by atoms with Crippen LogP contribution in [0.4, 0.5) is 0 Å². The van der Waals surface area contributed by atoms with Crippen molar-refractivity contribution in [2.45, 2.75) is 44.7 Å². The molecule has 1 rings (SSSR count). The van der Waals surface area contributed by atoms with Gasteiger partial charge in [0.25, 0.3) is 0 Å². The van der Waals surface area contributed by atoms with E-state index in [1.54, 1.807) is 0 Å². The van der Waals surface area contributed by atoms with E-state index in [1.165, 1.54) is 0 Å². The van der Waals surface area contributed by atoms with Crippen molar-refractivity contribution in [3.8, 4) is 0 Å². The number of carbonyl (C=O) groups excluding carboxylic acids is 1. The topological polar surface area (TPSA) is 29.1 Å². The highest BCUT2D eigenvalue weighted by Crippen LogP contribution is 2.14. The van der Waals surface area contributed by atoms with E-state index < -0.39 is 0 Å². The Morgan fingerprint density at radius 1 is 1.24 bits per heavy atom. The molecular formula is C14H20ClNO. The van der Waals surface area contributed by atoms with Crippen LogP contribution in [0.5, 0.6) is 0 Å². The molecule has 0 saturated heterocycles. The number of Topliss-reactive ketones (excluding diaryl/α,β-unsaturated/α-hetero) is 1. The Kier molecular flexibility index (Phi) is 4.72. The van der Waals surface area contributed by atoms with Crippen molar-refractivity contribution in [3.63, 3.8) is 0 Å². The van der Waals surface area contributed by atoms with Gasteiger partial charge in [0, 0.05) is 11.1 Å². The van der Waals surface area contributed by atoms with Gasteiger partial charge in [0.2, 0.25) is 0 Å². The van der Waals surface area contributed by atoms with Gasteiger partial charge in [-0.05, 0) is 27.7 Å². The normalized spacial score (nSPS) is 15.4. The fraction of sp³-hybridized carbons (Fsp3) is 0.500. The number of alkyl halides is 1. The largest absolute Gasteiger partial charge is 0.301 e. The Hall–Kier alpha value is -0.860. The minimum Gasteiger partial charge on any atom is -0.301 e. The molecule has 0 saturated carbocycles. The van der Waals surface area contributed by atoms with Crippen LogP contribution in [0.15, 0.2) is 30.3 Å². The molecule has 1 aromatic carbocycles. The molecule has 0 aliphatic rings. The molecule has 1 N–H and O–H groups in total. The van der Waals surface area contributed by atoms with Crippen molar-refractivity contribution < 1.29 is 4.79 Å². The van der Waals surface area contributed by atoms with Crippen LogP contribution in [0.25, 0.3) is 0 Å². The molecule has 0 aliphatic heterocycles. The maximum Gasteiger partial charge on any atom is 0.181 e. The van der Waals surface area contributed by atoms with Gasteiger partial charge < -0.3 is 5.32 Å². The Labute approximate surface area is 108 Å². The Morgan fingerprint density at radius 2 is 1.76 bits per heavy atom.